The molecule has 0 bridgehead atoms. The SMILES string of the molecule is CNCC1CCCCN1S(=O)(=O)NC1CCCC1. The molecule has 0 radical (unpaired) electrons. The van der Waals surface area contributed by atoms with Gasteiger partial charge in [-0.2, -0.15) is 17.4 Å². The number of nitrogens with zero attached hydrogens (tertiary/aromatic N) is 1. The van der Waals surface area contributed by atoms with Gasteiger partial charge in [0.25, 0.3) is 10.2 Å². The molecule has 1 heterocycles. The quantitative estimate of drug-likeness (QED) is 0.781. The van der Waals surface area contributed by atoms with Gasteiger partial charge >= 0.3 is 0 Å². The van der Waals surface area contributed by atoms with Crippen molar-refractivity contribution in [3.05, 3.63) is 0 Å². The molecule has 1 atom stereocenters. The molecule has 5 nitrogen and oxygen atoms in total. The highest BCUT2D eigenvalue weighted by molar-refractivity contribution is 7.87. The summed E-state index contributed by atoms with van der Waals surface area (Å²) in [6.07, 6.45) is 7.34. The van der Waals surface area contributed by atoms with Crippen LogP contribution < -0.4 is 10.0 Å². The molecule has 2 N–H and O–H groups in total. The van der Waals surface area contributed by atoms with Crippen LogP contribution >= 0.6 is 0 Å². The Morgan fingerprint density at radius 2 is 1.78 bits per heavy atom. The monoisotopic (exact) mass is 275 g/mol. The fourth-order valence-corrected chi connectivity index (χ4v) is 4.79. The van der Waals surface area contributed by atoms with Crippen LogP contribution in [-0.2, 0) is 10.2 Å². The zero-order valence-electron chi connectivity index (χ0n) is 11.2. The van der Waals surface area contributed by atoms with E-state index in [1.54, 1.807) is 4.31 Å². The first-order valence-corrected chi connectivity index (χ1v) is 8.51. The molecule has 0 aromatic carbocycles. The maximum absolute atomic E-state index is 12.4. The molecule has 0 aromatic heterocycles. The summed E-state index contributed by atoms with van der Waals surface area (Å²) < 4.78 is 29.4. The minimum Gasteiger partial charge on any atom is -0.318 e. The van der Waals surface area contributed by atoms with Crippen molar-refractivity contribution < 1.29 is 8.42 Å². The second kappa shape index (κ2) is 6.32. The fraction of sp³-hybridized carbons (Fsp3) is 1.00. The van der Waals surface area contributed by atoms with Gasteiger partial charge in [0.1, 0.15) is 0 Å². The molecule has 1 aliphatic heterocycles. The van der Waals surface area contributed by atoms with E-state index in [9.17, 15) is 8.42 Å². The lowest BCUT2D eigenvalue weighted by molar-refractivity contribution is 0.244. The Bertz CT molecular complexity index is 350. The third-order valence-electron chi connectivity index (χ3n) is 3.99. The normalized spacial score (nSPS) is 27.7. The van der Waals surface area contributed by atoms with Crippen molar-refractivity contribution in [2.75, 3.05) is 20.1 Å². The summed E-state index contributed by atoms with van der Waals surface area (Å²) in [5, 5.41) is 3.10. The molecule has 0 spiro atoms. The van der Waals surface area contributed by atoms with Crippen LogP contribution in [0.3, 0.4) is 0 Å². The molecule has 2 fully saturated rings. The molecule has 2 aliphatic rings. The van der Waals surface area contributed by atoms with E-state index in [2.05, 4.69) is 10.0 Å². The fourth-order valence-electron chi connectivity index (χ4n) is 3.05. The van der Waals surface area contributed by atoms with Gasteiger partial charge in [0, 0.05) is 25.2 Å². The Morgan fingerprint density at radius 1 is 1.11 bits per heavy atom. The van der Waals surface area contributed by atoms with Crippen LogP contribution in [0.4, 0.5) is 0 Å². The third-order valence-corrected chi connectivity index (χ3v) is 5.72. The van der Waals surface area contributed by atoms with Crippen molar-refractivity contribution in [1.29, 1.82) is 0 Å². The summed E-state index contributed by atoms with van der Waals surface area (Å²) in [4.78, 5) is 0. The molecule has 18 heavy (non-hydrogen) atoms. The average molecular weight is 275 g/mol. The van der Waals surface area contributed by atoms with Crippen molar-refractivity contribution in [3.8, 4) is 0 Å². The predicted molar refractivity (Wildman–Crippen MR) is 72.6 cm³/mol. The molecular weight excluding hydrogens is 250 g/mol. The first-order chi connectivity index (χ1) is 8.63. The molecule has 0 amide bonds. The van der Waals surface area contributed by atoms with Crippen molar-refractivity contribution in [1.82, 2.24) is 14.3 Å². The van der Waals surface area contributed by atoms with Gasteiger partial charge in [-0.15, -0.1) is 0 Å². The minimum absolute atomic E-state index is 0.114. The number of hydrogen-bond donors (Lipinski definition) is 2. The Morgan fingerprint density at radius 3 is 2.44 bits per heavy atom. The summed E-state index contributed by atoms with van der Waals surface area (Å²) in [6, 6.07) is 0.273. The van der Waals surface area contributed by atoms with Crippen molar-refractivity contribution in [3.63, 3.8) is 0 Å². The molecule has 6 heteroatoms. The lowest BCUT2D eigenvalue weighted by Crippen LogP contribution is -2.53. The van der Waals surface area contributed by atoms with Crippen molar-refractivity contribution in [2.24, 2.45) is 0 Å². The van der Waals surface area contributed by atoms with Gasteiger partial charge in [-0.1, -0.05) is 19.3 Å². The molecule has 1 saturated heterocycles. The van der Waals surface area contributed by atoms with Gasteiger partial charge in [0.15, 0.2) is 0 Å². The molecule has 0 aromatic rings. The lowest BCUT2D eigenvalue weighted by atomic mass is 10.1. The van der Waals surface area contributed by atoms with Crippen LogP contribution in [0.2, 0.25) is 0 Å². The molecule has 2 rings (SSSR count). The van der Waals surface area contributed by atoms with E-state index in [0.717, 1.165) is 51.5 Å². The summed E-state index contributed by atoms with van der Waals surface area (Å²) in [7, 11) is -1.42. The number of hydrogen-bond acceptors (Lipinski definition) is 3. The summed E-state index contributed by atoms with van der Waals surface area (Å²) in [6.45, 7) is 1.40. The number of likely N-dealkylation sites (N-methyl/N-ethyl adjacent to an activating group) is 1. The highest BCUT2D eigenvalue weighted by Crippen LogP contribution is 2.23. The van der Waals surface area contributed by atoms with Crippen molar-refractivity contribution >= 4 is 10.2 Å². The summed E-state index contributed by atoms with van der Waals surface area (Å²) in [5.41, 5.74) is 0. The zero-order valence-corrected chi connectivity index (χ0v) is 12.0. The summed E-state index contributed by atoms with van der Waals surface area (Å²) in [5.74, 6) is 0. The smallest absolute Gasteiger partial charge is 0.279 e. The van der Waals surface area contributed by atoms with Crippen LogP contribution in [-0.4, -0.2) is 44.9 Å². The zero-order chi connectivity index (χ0) is 13.0. The lowest BCUT2D eigenvalue weighted by Gasteiger charge is -2.35. The van der Waals surface area contributed by atoms with E-state index >= 15 is 0 Å². The second-order valence-corrected chi connectivity index (χ2v) is 7.08. The van der Waals surface area contributed by atoms with Gasteiger partial charge in [0.2, 0.25) is 0 Å². The van der Waals surface area contributed by atoms with Gasteiger partial charge in [-0.3, -0.25) is 0 Å². The van der Waals surface area contributed by atoms with Crippen LogP contribution in [0.25, 0.3) is 0 Å². The molecular formula is C12H25N3O2S. The van der Waals surface area contributed by atoms with E-state index < -0.39 is 10.2 Å². The van der Waals surface area contributed by atoms with Crippen molar-refractivity contribution in [2.45, 2.75) is 57.0 Å². The standard InChI is InChI=1S/C12H25N3O2S/c1-13-10-12-8-4-5-9-15(12)18(16,17)14-11-6-2-3-7-11/h11-14H,2-10H2,1H3. The number of nitrogens with one attached hydrogen (secondary N) is 2. The van der Waals surface area contributed by atoms with E-state index in [1.165, 1.54) is 0 Å². The third kappa shape index (κ3) is 3.44. The van der Waals surface area contributed by atoms with Gasteiger partial charge < -0.3 is 5.32 Å². The van der Waals surface area contributed by atoms with Gasteiger partial charge in [-0.05, 0) is 32.7 Å². The van der Waals surface area contributed by atoms with Crippen LogP contribution in [0.1, 0.15) is 44.9 Å². The largest absolute Gasteiger partial charge is 0.318 e. The Balaban J connectivity index is 2.01. The van der Waals surface area contributed by atoms with Crippen LogP contribution in [0.5, 0.6) is 0 Å². The molecule has 1 saturated carbocycles. The second-order valence-electron chi connectivity index (χ2n) is 5.42. The Hall–Kier alpha value is -0.170. The number of rotatable bonds is 5. The van der Waals surface area contributed by atoms with E-state index in [0.29, 0.717) is 6.54 Å². The van der Waals surface area contributed by atoms with Gasteiger partial charge in [-0.25, -0.2) is 0 Å². The topological polar surface area (TPSA) is 61.4 Å². The van der Waals surface area contributed by atoms with Gasteiger partial charge in [0.05, 0.1) is 0 Å². The Labute approximate surface area is 110 Å². The van der Waals surface area contributed by atoms with Crippen LogP contribution in [0, 0.1) is 0 Å². The predicted octanol–water partition coefficient (Wildman–Crippen LogP) is 0.837. The van der Waals surface area contributed by atoms with E-state index in [-0.39, 0.29) is 12.1 Å². The highest BCUT2D eigenvalue weighted by atomic mass is 32.2. The molecule has 106 valence electrons. The number of piperidine rings is 1. The molecule has 1 aliphatic carbocycles. The molecule has 1 unspecified atom stereocenters. The first kappa shape index (κ1) is 14.2. The maximum Gasteiger partial charge on any atom is 0.279 e. The van der Waals surface area contributed by atoms with E-state index in [1.807, 2.05) is 7.05 Å². The Kier molecular flexibility index (Phi) is 5.00. The average Bonchev–Trinajstić information content (AvgIpc) is 2.82. The highest BCUT2D eigenvalue weighted by Gasteiger charge is 2.33. The summed E-state index contributed by atoms with van der Waals surface area (Å²) >= 11 is 0. The van der Waals surface area contributed by atoms with Crippen LogP contribution in [0.15, 0.2) is 0 Å². The maximum atomic E-state index is 12.4. The first-order valence-electron chi connectivity index (χ1n) is 7.07. The van der Waals surface area contributed by atoms with E-state index in [4.69, 9.17) is 0 Å². The minimum atomic E-state index is -3.29.